The first-order chi connectivity index (χ1) is 9.16. The van der Waals surface area contributed by atoms with Crippen LogP contribution in [0.4, 0.5) is 0 Å². The summed E-state index contributed by atoms with van der Waals surface area (Å²) in [5, 5.41) is 6.31. The Morgan fingerprint density at radius 2 is 2.11 bits per heavy atom. The smallest absolute Gasteiger partial charge is 0.163 e. The standard InChI is InChI=1S/C15H15N3O/c1-11-15(12(2)19)9-16-18(11)17-8-7-13-5-3-4-6-14(13)10-17/h3-9H,10H2,1-2H3. The minimum Gasteiger partial charge on any atom is -0.294 e. The molecule has 0 atom stereocenters. The van der Waals surface area contributed by atoms with Crippen LogP contribution in [0.25, 0.3) is 6.08 Å². The summed E-state index contributed by atoms with van der Waals surface area (Å²) in [6.07, 6.45) is 5.69. The zero-order valence-electron chi connectivity index (χ0n) is 11.0. The minimum atomic E-state index is 0.0464. The molecule has 3 rings (SSSR count). The molecule has 0 saturated heterocycles. The molecule has 0 aliphatic carbocycles. The predicted octanol–water partition coefficient (Wildman–Crippen LogP) is 2.52. The Morgan fingerprint density at radius 1 is 1.32 bits per heavy atom. The molecule has 0 amide bonds. The molecule has 0 unspecified atom stereocenters. The van der Waals surface area contributed by atoms with Crippen LogP contribution in [0.3, 0.4) is 0 Å². The van der Waals surface area contributed by atoms with Gasteiger partial charge in [0, 0.05) is 6.20 Å². The van der Waals surface area contributed by atoms with Gasteiger partial charge in [0.05, 0.1) is 24.0 Å². The maximum atomic E-state index is 11.5. The van der Waals surface area contributed by atoms with E-state index in [9.17, 15) is 4.79 Å². The van der Waals surface area contributed by atoms with Gasteiger partial charge in [-0.2, -0.15) is 9.89 Å². The van der Waals surface area contributed by atoms with E-state index in [-0.39, 0.29) is 5.78 Å². The second-order valence-corrected chi connectivity index (χ2v) is 4.70. The van der Waals surface area contributed by atoms with Crippen LogP contribution in [0.5, 0.6) is 0 Å². The molecule has 0 bridgehead atoms. The van der Waals surface area contributed by atoms with E-state index in [2.05, 4.69) is 23.3 Å². The van der Waals surface area contributed by atoms with Crippen molar-refractivity contribution in [2.24, 2.45) is 0 Å². The highest BCUT2D eigenvalue weighted by Crippen LogP contribution is 2.19. The zero-order chi connectivity index (χ0) is 13.4. The van der Waals surface area contributed by atoms with Gasteiger partial charge >= 0.3 is 0 Å². The molecule has 4 nitrogen and oxygen atoms in total. The number of carbonyl (C=O) groups excluding carboxylic acids is 1. The van der Waals surface area contributed by atoms with E-state index in [0.29, 0.717) is 5.56 Å². The third-order valence-electron chi connectivity index (χ3n) is 3.42. The fourth-order valence-corrected chi connectivity index (χ4v) is 2.37. The van der Waals surface area contributed by atoms with Crippen LogP contribution < -0.4 is 5.01 Å². The summed E-state index contributed by atoms with van der Waals surface area (Å²) in [6, 6.07) is 8.27. The van der Waals surface area contributed by atoms with Crippen LogP contribution in [0.2, 0.25) is 0 Å². The molecule has 4 heteroatoms. The van der Waals surface area contributed by atoms with Gasteiger partial charge in [0.1, 0.15) is 0 Å². The van der Waals surface area contributed by atoms with Gasteiger partial charge in [0.2, 0.25) is 0 Å². The summed E-state index contributed by atoms with van der Waals surface area (Å²) in [5.41, 5.74) is 4.03. The lowest BCUT2D eigenvalue weighted by atomic mass is 10.1. The number of rotatable bonds is 2. The average Bonchev–Trinajstić information content (AvgIpc) is 2.80. The van der Waals surface area contributed by atoms with Crippen molar-refractivity contribution in [3.63, 3.8) is 0 Å². The molecule has 0 radical (unpaired) electrons. The summed E-state index contributed by atoms with van der Waals surface area (Å²) >= 11 is 0. The summed E-state index contributed by atoms with van der Waals surface area (Å²) < 4.78 is 0. The number of nitrogens with zero attached hydrogens (tertiary/aromatic N) is 3. The van der Waals surface area contributed by atoms with Crippen molar-refractivity contribution in [1.29, 1.82) is 0 Å². The van der Waals surface area contributed by atoms with Crippen LogP contribution >= 0.6 is 0 Å². The lowest BCUT2D eigenvalue weighted by Gasteiger charge is -2.26. The average molecular weight is 253 g/mol. The highest BCUT2D eigenvalue weighted by molar-refractivity contribution is 5.94. The Hall–Kier alpha value is -2.36. The van der Waals surface area contributed by atoms with Crippen LogP contribution in [-0.4, -0.2) is 15.7 Å². The van der Waals surface area contributed by atoms with Crippen molar-refractivity contribution in [3.05, 3.63) is 59.0 Å². The van der Waals surface area contributed by atoms with Gasteiger partial charge in [-0.15, -0.1) is 0 Å². The number of aromatic nitrogens is 2. The van der Waals surface area contributed by atoms with Crippen LogP contribution in [-0.2, 0) is 6.54 Å². The minimum absolute atomic E-state index is 0.0464. The second-order valence-electron chi connectivity index (χ2n) is 4.70. The molecule has 1 aliphatic rings. The molecule has 1 aromatic heterocycles. The number of ketones is 1. The summed E-state index contributed by atoms with van der Waals surface area (Å²) in [5.74, 6) is 0.0464. The lowest BCUT2D eigenvalue weighted by Crippen LogP contribution is -2.32. The quantitative estimate of drug-likeness (QED) is 0.772. The fourth-order valence-electron chi connectivity index (χ4n) is 2.37. The number of hydrogen-bond donors (Lipinski definition) is 0. The Labute approximate surface area is 111 Å². The zero-order valence-corrected chi connectivity index (χ0v) is 11.0. The van der Waals surface area contributed by atoms with E-state index in [4.69, 9.17) is 0 Å². The topological polar surface area (TPSA) is 38.1 Å². The molecule has 1 aromatic carbocycles. The van der Waals surface area contributed by atoms with Gasteiger partial charge in [-0.3, -0.25) is 9.80 Å². The molecule has 0 N–H and O–H groups in total. The van der Waals surface area contributed by atoms with Crippen molar-refractivity contribution in [3.8, 4) is 0 Å². The van der Waals surface area contributed by atoms with E-state index in [1.807, 2.05) is 30.3 Å². The van der Waals surface area contributed by atoms with Crippen molar-refractivity contribution in [2.45, 2.75) is 20.4 Å². The van der Waals surface area contributed by atoms with Crippen LogP contribution in [0, 0.1) is 6.92 Å². The van der Waals surface area contributed by atoms with Gasteiger partial charge in [-0.25, -0.2) is 0 Å². The van der Waals surface area contributed by atoms with Gasteiger partial charge < -0.3 is 0 Å². The Bertz CT molecular complexity index is 670. The largest absolute Gasteiger partial charge is 0.294 e. The summed E-state index contributed by atoms with van der Waals surface area (Å²) in [6.45, 7) is 4.24. The Kier molecular flexibility index (Phi) is 2.71. The maximum Gasteiger partial charge on any atom is 0.163 e. The van der Waals surface area contributed by atoms with Crippen LogP contribution in [0.1, 0.15) is 34.1 Å². The van der Waals surface area contributed by atoms with E-state index < -0.39 is 0 Å². The lowest BCUT2D eigenvalue weighted by molar-refractivity contribution is 0.101. The molecule has 96 valence electrons. The molecule has 0 spiro atoms. The van der Waals surface area contributed by atoms with Crippen molar-refractivity contribution in [2.75, 3.05) is 5.01 Å². The predicted molar refractivity (Wildman–Crippen MR) is 74.4 cm³/mol. The first-order valence-corrected chi connectivity index (χ1v) is 6.25. The van der Waals surface area contributed by atoms with E-state index >= 15 is 0 Å². The van der Waals surface area contributed by atoms with E-state index in [1.165, 1.54) is 11.1 Å². The number of hydrogen-bond acceptors (Lipinski definition) is 3. The van der Waals surface area contributed by atoms with Crippen molar-refractivity contribution < 1.29 is 4.79 Å². The van der Waals surface area contributed by atoms with Gasteiger partial charge in [0.25, 0.3) is 0 Å². The number of carbonyl (C=O) groups is 1. The first kappa shape index (κ1) is 11.7. The fraction of sp³-hybridized carbons (Fsp3) is 0.200. The Balaban J connectivity index is 1.96. The van der Waals surface area contributed by atoms with E-state index in [0.717, 1.165) is 12.2 Å². The number of benzene rings is 1. The molecule has 0 fully saturated rings. The molecule has 0 saturated carbocycles. The van der Waals surface area contributed by atoms with Crippen molar-refractivity contribution >= 4 is 11.9 Å². The second kappa shape index (κ2) is 4.39. The molecule has 19 heavy (non-hydrogen) atoms. The van der Waals surface area contributed by atoms with Gasteiger partial charge in [-0.05, 0) is 31.1 Å². The third kappa shape index (κ3) is 1.95. The highest BCUT2D eigenvalue weighted by Gasteiger charge is 2.16. The summed E-state index contributed by atoms with van der Waals surface area (Å²) in [7, 11) is 0. The van der Waals surface area contributed by atoms with Crippen LogP contribution in [0.15, 0.2) is 36.7 Å². The van der Waals surface area contributed by atoms with Gasteiger partial charge in [-0.1, -0.05) is 24.3 Å². The molecule has 1 aliphatic heterocycles. The first-order valence-electron chi connectivity index (χ1n) is 6.25. The molecule has 2 heterocycles. The number of fused-ring (bicyclic) bond motifs is 1. The summed E-state index contributed by atoms with van der Waals surface area (Å²) in [4.78, 5) is 13.3. The van der Waals surface area contributed by atoms with E-state index in [1.54, 1.807) is 17.9 Å². The van der Waals surface area contributed by atoms with Gasteiger partial charge in [0.15, 0.2) is 5.78 Å². The SMILES string of the molecule is CC(=O)c1cnn(N2C=Cc3ccccc3C2)c1C. The molecule has 2 aromatic rings. The maximum absolute atomic E-state index is 11.5. The monoisotopic (exact) mass is 253 g/mol. The highest BCUT2D eigenvalue weighted by atomic mass is 16.1. The number of Topliss-reactive ketones (excluding diaryl/α,β-unsaturated/α-hetero) is 1. The molecular weight excluding hydrogens is 238 g/mol. The van der Waals surface area contributed by atoms with Crippen molar-refractivity contribution in [1.82, 2.24) is 9.89 Å². The normalized spacial score (nSPS) is 13.5. The Morgan fingerprint density at radius 3 is 2.84 bits per heavy atom. The molecular formula is C15H15N3O. The third-order valence-corrected chi connectivity index (χ3v) is 3.42.